The molecule has 0 aliphatic carbocycles. The molecule has 2 N–H and O–H groups in total. The third kappa shape index (κ3) is 5.57. The molecule has 6 rings (SSSR count). The number of hydrogen-bond acceptors (Lipinski definition) is 6. The smallest absolute Gasteiger partial charge is 0.420 e. The monoisotopic (exact) mass is 629 g/mol. The molecule has 0 spiro atoms. The number of hydrogen-bond donors (Lipinski definition) is 2. The number of methoxy groups -OCH3 is 1. The highest BCUT2D eigenvalue weighted by atomic mass is 35.5. The molecule has 0 fully saturated rings. The Morgan fingerprint density at radius 3 is 2.55 bits per heavy atom. The molecule has 1 amide bonds. The number of fused-ring (bicyclic) bond motifs is 2. The van der Waals surface area contributed by atoms with E-state index < -0.39 is 17.8 Å². The van der Waals surface area contributed by atoms with E-state index >= 15 is 0 Å². The van der Waals surface area contributed by atoms with Crippen LogP contribution >= 0.6 is 23.2 Å². The Balaban J connectivity index is 1.51. The number of nitrogens with one attached hydrogen (secondary N) is 1. The van der Waals surface area contributed by atoms with Crippen molar-refractivity contribution in [1.82, 2.24) is 14.5 Å². The fourth-order valence-electron chi connectivity index (χ4n) is 5.31. The predicted molar refractivity (Wildman–Crippen MR) is 169 cm³/mol. The summed E-state index contributed by atoms with van der Waals surface area (Å²) >= 11 is 12.9. The number of carboxylic acid groups (broad SMARTS) is 1. The molecule has 1 unspecified atom stereocenters. The minimum absolute atomic E-state index is 0.0598. The van der Waals surface area contributed by atoms with E-state index in [1.54, 1.807) is 36.3 Å². The zero-order chi connectivity index (χ0) is 31.0. The number of H-pyrrole nitrogens is 1. The fourth-order valence-corrected chi connectivity index (χ4v) is 5.71. The summed E-state index contributed by atoms with van der Waals surface area (Å²) in [5, 5.41) is 10.7. The number of benzodiazepines with no additional fused rings is 1. The van der Waals surface area contributed by atoms with E-state index in [4.69, 9.17) is 32.9 Å². The van der Waals surface area contributed by atoms with Gasteiger partial charge in [-0.1, -0.05) is 53.5 Å². The quantitative estimate of drug-likeness (QED) is 0.229. The van der Waals surface area contributed by atoms with Gasteiger partial charge in [0.25, 0.3) is 5.91 Å². The molecule has 44 heavy (non-hydrogen) atoms. The van der Waals surface area contributed by atoms with Gasteiger partial charge in [0.1, 0.15) is 17.3 Å². The highest BCUT2D eigenvalue weighted by Gasteiger charge is 2.33. The second kappa shape index (κ2) is 12.0. The lowest BCUT2D eigenvalue weighted by atomic mass is 10.0. The SMILES string of the molecule is COc1ccc(CN2C(=O)C(CCc3ccccc3Cl)N=C(c3cnc4[nH]c(=O)n(C(=O)O)c4c3)c3cc(Cl)ccc32)cc1. The maximum absolute atomic E-state index is 14.3. The standard InChI is InChI=1S/C32H25Cl2N5O5/c1-44-22-10-6-18(7-11-22)17-38-26-13-9-21(33)15-23(26)28(20-14-27-29(35-16-20)37-31(41)39(27)32(42)43)36-25(30(38)40)12-8-19-4-2-3-5-24(19)34/h2-7,9-11,13-16,25H,8,12,17H2,1H3,(H,42,43)(H,35,37,41). The Bertz CT molecular complexity index is 2000. The minimum atomic E-state index is -1.45. The second-order valence-corrected chi connectivity index (χ2v) is 11.0. The van der Waals surface area contributed by atoms with Gasteiger partial charge in [-0.3, -0.25) is 14.8 Å². The summed E-state index contributed by atoms with van der Waals surface area (Å²) in [6, 6.07) is 20.7. The zero-order valence-corrected chi connectivity index (χ0v) is 24.8. The first kappa shape index (κ1) is 29.2. The molecule has 1 atom stereocenters. The van der Waals surface area contributed by atoms with Gasteiger partial charge >= 0.3 is 11.8 Å². The topological polar surface area (TPSA) is 130 Å². The first-order valence-electron chi connectivity index (χ1n) is 13.6. The lowest BCUT2D eigenvalue weighted by Crippen LogP contribution is -2.37. The van der Waals surface area contributed by atoms with Crippen LogP contribution in [0.25, 0.3) is 11.2 Å². The Hall–Kier alpha value is -4.93. The van der Waals surface area contributed by atoms with Crippen molar-refractivity contribution in [1.29, 1.82) is 0 Å². The van der Waals surface area contributed by atoms with Crippen LogP contribution in [0.4, 0.5) is 10.5 Å². The van der Waals surface area contributed by atoms with Gasteiger partial charge in [-0.05, 0) is 66.4 Å². The second-order valence-electron chi connectivity index (χ2n) is 10.2. The third-order valence-electron chi connectivity index (χ3n) is 7.49. The van der Waals surface area contributed by atoms with Gasteiger partial charge in [0, 0.05) is 27.4 Å². The van der Waals surface area contributed by atoms with Gasteiger partial charge in [-0.15, -0.1) is 0 Å². The maximum Gasteiger partial charge on any atom is 0.420 e. The number of ether oxygens (including phenoxy) is 1. The first-order chi connectivity index (χ1) is 21.2. The summed E-state index contributed by atoms with van der Waals surface area (Å²) in [5.74, 6) is 0.461. The molecular formula is C32H25Cl2N5O5. The van der Waals surface area contributed by atoms with E-state index in [9.17, 15) is 19.5 Å². The molecule has 2 aromatic heterocycles. The van der Waals surface area contributed by atoms with Crippen molar-refractivity contribution < 1.29 is 19.4 Å². The van der Waals surface area contributed by atoms with Gasteiger partial charge in [0.05, 0.1) is 25.1 Å². The van der Waals surface area contributed by atoms with E-state index in [-0.39, 0.29) is 23.6 Å². The number of imidazole rings is 1. The number of pyridine rings is 1. The summed E-state index contributed by atoms with van der Waals surface area (Å²) < 4.78 is 5.88. The van der Waals surface area contributed by atoms with E-state index in [1.165, 1.54) is 12.3 Å². The highest BCUT2D eigenvalue weighted by molar-refractivity contribution is 6.32. The molecule has 222 valence electrons. The van der Waals surface area contributed by atoms with Crippen LogP contribution in [0.5, 0.6) is 5.75 Å². The van der Waals surface area contributed by atoms with Crippen LogP contribution in [0.1, 0.15) is 28.7 Å². The lowest BCUT2D eigenvalue weighted by molar-refractivity contribution is -0.120. The summed E-state index contributed by atoms with van der Waals surface area (Å²) in [7, 11) is 1.59. The number of aromatic amines is 1. The van der Waals surface area contributed by atoms with E-state index in [1.807, 2.05) is 42.5 Å². The summed E-state index contributed by atoms with van der Waals surface area (Å²) in [6.07, 6.45) is 0.855. The molecule has 0 saturated heterocycles. The Morgan fingerprint density at radius 2 is 1.82 bits per heavy atom. The van der Waals surface area contributed by atoms with Crippen LogP contribution in [-0.2, 0) is 17.8 Å². The van der Waals surface area contributed by atoms with Gasteiger partial charge in [-0.2, -0.15) is 4.57 Å². The molecule has 1 aliphatic heterocycles. The van der Waals surface area contributed by atoms with Crippen LogP contribution in [0.15, 0.2) is 88.8 Å². The largest absolute Gasteiger partial charge is 0.497 e. The number of aryl methyl sites for hydroxylation is 1. The van der Waals surface area contributed by atoms with E-state index in [2.05, 4.69) is 9.97 Å². The van der Waals surface area contributed by atoms with Crippen molar-refractivity contribution in [2.24, 2.45) is 4.99 Å². The van der Waals surface area contributed by atoms with Crippen LogP contribution in [0, 0.1) is 0 Å². The predicted octanol–water partition coefficient (Wildman–Crippen LogP) is 5.95. The van der Waals surface area contributed by atoms with Crippen LogP contribution in [0.2, 0.25) is 10.0 Å². The molecule has 0 bridgehead atoms. The van der Waals surface area contributed by atoms with Gasteiger partial charge in [0.15, 0.2) is 5.65 Å². The average Bonchev–Trinajstić information content (AvgIpc) is 3.31. The summed E-state index contributed by atoms with van der Waals surface area (Å²) in [6.45, 7) is 0.247. The Kier molecular flexibility index (Phi) is 7.94. The van der Waals surface area contributed by atoms with Crippen molar-refractivity contribution in [2.75, 3.05) is 12.0 Å². The van der Waals surface area contributed by atoms with Crippen molar-refractivity contribution in [3.8, 4) is 5.75 Å². The number of nitrogens with zero attached hydrogens (tertiary/aromatic N) is 4. The number of carbonyl (C=O) groups is 2. The van der Waals surface area contributed by atoms with Crippen LogP contribution < -0.4 is 15.3 Å². The van der Waals surface area contributed by atoms with Gasteiger partial charge < -0.3 is 14.7 Å². The molecule has 3 aromatic carbocycles. The summed E-state index contributed by atoms with van der Waals surface area (Å²) in [5.41, 5.74) is 3.01. The van der Waals surface area contributed by atoms with Gasteiger partial charge in [0.2, 0.25) is 0 Å². The third-order valence-corrected chi connectivity index (χ3v) is 8.09. The molecule has 0 radical (unpaired) electrons. The molecule has 10 nitrogen and oxygen atoms in total. The molecule has 12 heteroatoms. The Labute approximate surface area is 261 Å². The number of benzene rings is 3. The lowest BCUT2D eigenvalue weighted by Gasteiger charge is -2.26. The van der Waals surface area contributed by atoms with Crippen LogP contribution in [0.3, 0.4) is 0 Å². The van der Waals surface area contributed by atoms with Crippen LogP contribution in [-0.4, -0.2) is 50.5 Å². The number of aromatic nitrogens is 3. The van der Waals surface area contributed by atoms with Crippen molar-refractivity contribution >= 4 is 57.8 Å². The highest BCUT2D eigenvalue weighted by Crippen LogP contribution is 2.34. The summed E-state index contributed by atoms with van der Waals surface area (Å²) in [4.78, 5) is 52.0. The number of halogens is 2. The maximum atomic E-state index is 14.3. The molecule has 5 aromatic rings. The van der Waals surface area contributed by atoms with Crippen molar-refractivity contribution in [3.05, 3.63) is 122 Å². The number of rotatable bonds is 7. The number of aliphatic imine (C=N–C) groups is 1. The molecule has 1 aliphatic rings. The number of amides is 1. The normalized spacial score (nSPS) is 14.7. The Morgan fingerprint density at radius 1 is 1.05 bits per heavy atom. The average molecular weight is 630 g/mol. The minimum Gasteiger partial charge on any atom is -0.497 e. The first-order valence-corrected chi connectivity index (χ1v) is 14.4. The zero-order valence-electron chi connectivity index (χ0n) is 23.3. The fraction of sp³-hybridized carbons (Fsp3) is 0.156. The number of carbonyl (C=O) groups excluding carboxylic acids is 1. The van der Waals surface area contributed by atoms with Crippen molar-refractivity contribution in [2.45, 2.75) is 25.4 Å². The van der Waals surface area contributed by atoms with Crippen molar-refractivity contribution in [3.63, 3.8) is 0 Å². The van der Waals surface area contributed by atoms with E-state index in [0.29, 0.717) is 55.7 Å². The molecule has 3 heterocycles. The molecule has 0 saturated carbocycles. The van der Waals surface area contributed by atoms with Gasteiger partial charge in [-0.25, -0.2) is 14.6 Å². The molecular weight excluding hydrogens is 605 g/mol. The number of anilines is 1. The van der Waals surface area contributed by atoms with E-state index in [0.717, 1.165) is 11.1 Å².